The average molecular weight is 107 g/mol. The average Bonchev–Trinajstić information content (AvgIpc) is 1.65. The Morgan fingerprint density at radius 3 is 2.50 bits per heavy atom. The highest BCUT2D eigenvalue weighted by Gasteiger charge is 1.90. The van der Waals surface area contributed by atoms with Gasteiger partial charge in [0.05, 0.1) is 0 Å². The summed E-state index contributed by atoms with van der Waals surface area (Å²) in [7, 11) is 0. The van der Waals surface area contributed by atoms with Crippen LogP contribution in [0, 0.1) is 0 Å². The summed E-state index contributed by atoms with van der Waals surface area (Å²) >= 11 is 4.73. The van der Waals surface area contributed by atoms with Crippen LogP contribution in [0.3, 0.4) is 0 Å². The number of carbonyl (C=O) groups excluding carboxylic acids is 1. The van der Waals surface area contributed by atoms with E-state index < -0.39 is 0 Å². The molecule has 0 spiro atoms. The summed E-state index contributed by atoms with van der Waals surface area (Å²) < 4.78 is 0. The lowest BCUT2D eigenvalue weighted by molar-refractivity contribution is -0.119. The fraction of sp³-hybridized carbons (Fsp3) is 0.667. The molecule has 0 rings (SSSR count). The molecule has 0 aliphatic carbocycles. The first-order chi connectivity index (χ1) is 2.81. The second-order valence-electron chi connectivity index (χ2n) is 0.832. The number of amides is 1. The van der Waals surface area contributed by atoms with Crippen molar-refractivity contribution >= 4 is 17.7 Å². The van der Waals surface area contributed by atoms with E-state index in [1.54, 1.807) is 6.92 Å². The lowest BCUT2D eigenvalue weighted by Crippen LogP contribution is -2.01. The van der Waals surface area contributed by atoms with E-state index in [2.05, 4.69) is 4.84 Å². The van der Waals surface area contributed by atoms with Crippen LogP contribution in [-0.2, 0) is 4.79 Å². The van der Waals surface area contributed by atoms with Crippen LogP contribution < -0.4 is 4.84 Å². The lowest BCUT2D eigenvalue weighted by Gasteiger charge is -1.79. The van der Waals surface area contributed by atoms with Gasteiger partial charge in [-0.05, 0) is 0 Å². The van der Waals surface area contributed by atoms with Gasteiger partial charge in [0.1, 0.15) is 0 Å². The third kappa shape index (κ3) is 2.03. The monoisotopic (exact) mass is 106 g/mol. The van der Waals surface area contributed by atoms with Crippen molar-refractivity contribution in [1.82, 2.24) is 4.84 Å². The smallest absolute Gasteiger partial charge is 0.257 e. The molecule has 0 saturated heterocycles. The molecule has 2 nitrogen and oxygen atoms in total. The summed E-state index contributed by atoms with van der Waals surface area (Å²) in [6.07, 6.45) is 0.392. The van der Waals surface area contributed by atoms with E-state index in [0.29, 0.717) is 6.42 Å². The van der Waals surface area contributed by atoms with Crippen molar-refractivity contribution in [3.63, 3.8) is 0 Å². The summed E-state index contributed by atoms with van der Waals surface area (Å²) in [4.78, 5) is 12.7. The minimum absolute atomic E-state index is 0.267. The van der Waals surface area contributed by atoms with Gasteiger partial charge in [-0.1, -0.05) is 6.92 Å². The van der Waals surface area contributed by atoms with Crippen LogP contribution in [0.4, 0.5) is 0 Å². The second-order valence-corrected chi connectivity index (χ2v) is 1.00. The van der Waals surface area contributed by atoms with E-state index in [4.69, 9.17) is 11.8 Å². The minimum Gasteiger partial charge on any atom is -0.272 e. The SMILES string of the molecule is CCC(=O)[N]Cl. The normalized spacial score (nSPS) is 7.67. The van der Waals surface area contributed by atoms with Gasteiger partial charge in [0.15, 0.2) is 0 Å². The molecule has 1 radical (unpaired) electrons. The second kappa shape index (κ2) is 2.97. The van der Waals surface area contributed by atoms with Crippen LogP contribution in [0.15, 0.2) is 0 Å². The Morgan fingerprint density at radius 2 is 2.50 bits per heavy atom. The first-order valence-corrected chi connectivity index (χ1v) is 2.00. The molecular weight excluding hydrogens is 101 g/mol. The standard InChI is InChI=1S/C3H5ClNO/c1-2-3(6)5-4/h2H2,1H3. The topological polar surface area (TPSA) is 31.2 Å². The van der Waals surface area contributed by atoms with Gasteiger partial charge in [-0.2, -0.15) is 0 Å². The molecule has 0 fully saturated rings. The number of hydrogen-bond acceptors (Lipinski definition) is 1. The molecule has 1 amide bonds. The predicted molar refractivity (Wildman–Crippen MR) is 23.3 cm³/mol. The molecule has 0 aromatic carbocycles. The van der Waals surface area contributed by atoms with Crippen molar-refractivity contribution in [2.24, 2.45) is 0 Å². The van der Waals surface area contributed by atoms with E-state index in [9.17, 15) is 4.79 Å². The van der Waals surface area contributed by atoms with Gasteiger partial charge >= 0.3 is 0 Å². The molecule has 0 aromatic heterocycles. The summed E-state index contributed by atoms with van der Waals surface area (Å²) in [6, 6.07) is 0. The Labute approximate surface area is 41.6 Å². The van der Waals surface area contributed by atoms with Crippen molar-refractivity contribution in [3.05, 3.63) is 0 Å². The molecule has 0 saturated carbocycles. The molecule has 0 aromatic rings. The zero-order chi connectivity index (χ0) is 4.99. The molecule has 0 unspecified atom stereocenters. The van der Waals surface area contributed by atoms with Gasteiger partial charge < -0.3 is 0 Å². The molecule has 0 N–H and O–H groups in total. The van der Waals surface area contributed by atoms with Crippen molar-refractivity contribution < 1.29 is 4.79 Å². The highest BCUT2D eigenvalue weighted by atomic mass is 35.5. The van der Waals surface area contributed by atoms with Gasteiger partial charge in [-0.15, -0.1) is 4.84 Å². The van der Waals surface area contributed by atoms with Crippen LogP contribution in [0.2, 0.25) is 0 Å². The Hall–Kier alpha value is -0.240. The highest BCUT2D eigenvalue weighted by Crippen LogP contribution is 1.76. The van der Waals surface area contributed by atoms with Gasteiger partial charge in [0.25, 0.3) is 5.91 Å². The molecule has 0 atom stereocenters. The summed E-state index contributed by atoms with van der Waals surface area (Å²) in [5.74, 6) is -0.267. The van der Waals surface area contributed by atoms with Crippen LogP contribution in [0.25, 0.3) is 0 Å². The molecule has 6 heavy (non-hydrogen) atoms. The Morgan fingerprint density at radius 1 is 2.00 bits per heavy atom. The number of hydrogen-bond donors (Lipinski definition) is 0. The van der Waals surface area contributed by atoms with Crippen LogP contribution in [0.1, 0.15) is 13.3 Å². The molecule has 0 aliphatic heterocycles. The zero-order valence-corrected chi connectivity index (χ0v) is 4.20. The fourth-order valence-electron chi connectivity index (χ4n) is 0.0598. The van der Waals surface area contributed by atoms with E-state index in [-0.39, 0.29) is 5.91 Å². The number of nitrogens with zero attached hydrogens (tertiary/aromatic N) is 1. The van der Waals surface area contributed by atoms with E-state index in [1.807, 2.05) is 0 Å². The molecule has 0 heterocycles. The minimum atomic E-state index is -0.267. The van der Waals surface area contributed by atoms with Crippen molar-refractivity contribution in [1.29, 1.82) is 0 Å². The lowest BCUT2D eigenvalue weighted by atomic mass is 10.5. The van der Waals surface area contributed by atoms with Crippen LogP contribution in [-0.4, -0.2) is 5.91 Å². The fourth-order valence-corrected chi connectivity index (χ4v) is 0.179. The molecule has 0 bridgehead atoms. The van der Waals surface area contributed by atoms with Gasteiger partial charge in [-0.3, -0.25) is 4.79 Å². The quantitative estimate of drug-likeness (QED) is 0.484. The summed E-state index contributed by atoms with van der Waals surface area (Å²) in [6.45, 7) is 1.70. The van der Waals surface area contributed by atoms with Gasteiger partial charge in [0, 0.05) is 18.2 Å². The predicted octanol–water partition coefficient (Wildman–Crippen LogP) is 0.681. The number of carbonyl (C=O) groups is 1. The molecule has 0 aliphatic rings. The number of halogens is 1. The van der Waals surface area contributed by atoms with Gasteiger partial charge in [-0.25, -0.2) is 0 Å². The number of rotatable bonds is 1. The van der Waals surface area contributed by atoms with Crippen molar-refractivity contribution in [3.8, 4) is 0 Å². The Bertz CT molecular complexity index is 48.8. The Kier molecular flexibility index (Phi) is 2.85. The van der Waals surface area contributed by atoms with Crippen molar-refractivity contribution in [2.45, 2.75) is 13.3 Å². The zero-order valence-electron chi connectivity index (χ0n) is 3.44. The largest absolute Gasteiger partial charge is 0.272 e. The first kappa shape index (κ1) is 5.76. The van der Waals surface area contributed by atoms with E-state index in [1.165, 1.54) is 0 Å². The molecular formula is C3H5ClNO. The molecule has 35 valence electrons. The maximum absolute atomic E-state index is 9.88. The third-order valence-corrected chi connectivity index (χ3v) is 0.585. The molecule has 3 heteroatoms. The maximum atomic E-state index is 9.88. The third-order valence-electron chi connectivity index (χ3n) is 0.397. The maximum Gasteiger partial charge on any atom is 0.257 e. The summed E-state index contributed by atoms with van der Waals surface area (Å²) in [5, 5.41) is 0. The van der Waals surface area contributed by atoms with E-state index in [0.717, 1.165) is 0 Å². The van der Waals surface area contributed by atoms with Crippen LogP contribution in [0.5, 0.6) is 0 Å². The first-order valence-electron chi connectivity index (χ1n) is 1.66. The Balaban J connectivity index is 2.99. The highest BCUT2D eigenvalue weighted by molar-refractivity contribution is 6.20. The van der Waals surface area contributed by atoms with Crippen molar-refractivity contribution in [2.75, 3.05) is 0 Å². The van der Waals surface area contributed by atoms with E-state index >= 15 is 0 Å². The summed E-state index contributed by atoms with van der Waals surface area (Å²) in [5.41, 5.74) is 0. The van der Waals surface area contributed by atoms with Crippen LogP contribution >= 0.6 is 11.8 Å². The van der Waals surface area contributed by atoms with Gasteiger partial charge in [0.2, 0.25) is 0 Å².